The molecule has 19 heavy (non-hydrogen) atoms. The zero-order chi connectivity index (χ0) is 13.8. The van der Waals surface area contributed by atoms with Gasteiger partial charge in [0, 0.05) is 12.6 Å². The van der Waals surface area contributed by atoms with Crippen molar-refractivity contribution in [3.05, 3.63) is 59.4 Å². The summed E-state index contributed by atoms with van der Waals surface area (Å²) >= 11 is 0. The van der Waals surface area contributed by atoms with E-state index in [2.05, 4.69) is 13.8 Å². The molecule has 0 fully saturated rings. The quantitative estimate of drug-likeness (QED) is 0.893. The van der Waals surface area contributed by atoms with Gasteiger partial charge in [0.2, 0.25) is 0 Å². The van der Waals surface area contributed by atoms with E-state index in [1.54, 1.807) is 6.07 Å². The van der Waals surface area contributed by atoms with E-state index in [1.807, 2.05) is 24.3 Å². The summed E-state index contributed by atoms with van der Waals surface area (Å²) in [5, 5.41) is 0. The summed E-state index contributed by atoms with van der Waals surface area (Å²) in [5.41, 5.74) is 7.47. The van der Waals surface area contributed by atoms with Crippen LogP contribution in [0.3, 0.4) is 0 Å². The Hall–Kier alpha value is -1.87. The number of nitrogens with two attached hydrogens (primary N) is 1. The van der Waals surface area contributed by atoms with Gasteiger partial charge in [-0.15, -0.1) is 0 Å². The molecule has 2 N–H and O–H groups in total. The smallest absolute Gasteiger partial charge is 0.130 e. The molecule has 0 aromatic heterocycles. The van der Waals surface area contributed by atoms with Crippen LogP contribution in [0.2, 0.25) is 0 Å². The van der Waals surface area contributed by atoms with Crippen LogP contribution in [0.4, 0.5) is 4.39 Å². The standard InChI is InChI=1S/C16H18FNO/c1-11(2)13-3-5-15(6-4-13)19-16-8-12(10-18)7-14(17)9-16/h3-9,11H,10,18H2,1-2H3. The SMILES string of the molecule is CC(C)c1ccc(Oc2cc(F)cc(CN)c2)cc1. The Morgan fingerprint density at radius 3 is 2.32 bits per heavy atom. The zero-order valence-electron chi connectivity index (χ0n) is 11.2. The predicted octanol–water partition coefficient (Wildman–Crippen LogP) is 4.20. The molecule has 0 unspecified atom stereocenters. The van der Waals surface area contributed by atoms with Crippen molar-refractivity contribution >= 4 is 0 Å². The van der Waals surface area contributed by atoms with E-state index < -0.39 is 0 Å². The van der Waals surface area contributed by atoms with Gasteiger partial charge in [0.1, 0.15) is 17.3 Å². The summed E-state index contributed by atoms with van der Waals surface area (Å²) in [6, 6.07) is 12.3. The molecule has 2 nitrogen and oxygen atoms in total. The minimum Gasteiger partial charge on any atom is -0.457 e. The number of rotatable bonds is 4. The van der Waals surface area contributed by atoms with Crippen LogP contribution in [0.15, 0.2) is 42.5 Å². The van der Waals surface area contributed by atoms with Crippen molar-refractivity contribution in [1.82, 2.24) is 0 Å². The number of hydrogen-bond acceptors (Lipinski definition) is 2. The Kier molecular flexibility index (Phi) is 4.17. The van der Waals surface area contributed by atoms with Crippen LogP contribution in [0.25, 0.3) is 0 Å². The molecule has 0 heterocycles. The lowest BCUT2D eigenvalue weighted by Gasteiger charge is -2.09. The Bertz CT molecular complexity index is 549. The molecule has 2 aromatic rings. The van der Waals surface area contributed by atoms with Crippen molar-refractivity contribution < 1.29 is 9.13 Å². The van der Waals surface area contributed by atoms with Gasteiger partial charge in [-0.2, -0.15) is 0 Å². The molecule has 3 heteroatoms. The van der Waals surface area contributed by atoms with Gasteiger partial charge in [0.25, 0.3) is 0 Å². The second kappa shape index (κ2) is 5.85. The highest BCUT2D eigenvalue weighted by atomic mass is 19.1. The molecule has 100 valence electrons. The van der Waals surface area contributed by atoms with E-state index in [0.717, 1.165) is 0 Å². The third-order valence-corrected chi connectivity index (χ3v) is 2.95. The van der Waals surface area contributed by atoms with Crippen molar-refractivity contribution in [2.75, 3.05) is 0 Å². The van der Waals surface area contributed by atoms with Crippen LogP contribution < -0.4 is 10.5 Å². The highest BCUT2D eigenvalue weighted by Gasteiger charge is 2.04. The third-order valence-electron chi connectivity index (χ3n) is 2.95. The molecule has 0 spiro atoms. The normalized spacial score (nSPS) is 10.8. The van der Waals surface area contributed by atoms with Gasteiger partial charge in [0.05, 0.1) is 0 Å². The Morgan fingerprint density at radius 1 is 1.05 bits per heavy atom. The first-order chi connectivity index (χ1) is 9.08. The summed E-state index contributed by atoms with van der Waals surface area (Å²) in [5.74, 6) is 1.31. The van der Waals surface area contributed by atoms with Crippen LogP contribution in [-0.2, 0) is 6.54 Å². The highest BCUT2D eigenvalue weighted by molar-refractivity contribution is 5.36. The van der Waals surface area contributed by atoms with Crippen LogP contribution in [0.5, 0.6) is 11.5 Å². The van der Waals surface area contributed by atoms with Crippen LogP contribution >= 0.6 is 0 Å². The predicted molar refractivity (Wildman–Crippen MR) is 74.9 cm³/mol. The maximum atomic E-state index is 13.4. The van der Waals surface area contributed by atoms with Crippen LogP contribution in [0, 0.1) is 5.82 Å². The van der Waals surface area contributed by atoms with Crippen molar-refractivity contribution in [2.45, 2.75) is 26.3 Å². The molecule has 2 aromatic carbocycles. The summed E-state index contributed by atoms with van der Waals surface area (Å²) in [7, 11) is 0. The van der Waals surface area contributed by atoms with Gasteiger partial charge in [-0.3, -0.25) is 0 Å². The lowest BCUT2D eigenvalue weighted by molar-refractivity contribution is 0.475. The Labute approximate surface area is 113 Å². The van der Waals surface area contributed by atoms with E-state index in [1.165, 1.54) is 17.7 Å². The van der Waals surface area contributed by atoms with Gasteiger partial charge >= 0.3 is 0 Å². The summed E-state index contributed by atoms with van der Waals surface area (Å²) in [4.78, 5) is 0. The number of benzene rings is 2. The lowest BCUT2D eigenvalue weighted by atomic mass is 10.0. The molecule has 0 bridgehead atoms. The molecule has 0 saturated heterocycles. The first-order valence-corrected chi connectivity index (χ1v) is 6.36. The summed E-state index contributed by atoms with van der Waals surface area (Å²) < 4.78 is 19.0. The fourth-order valence-electron chi connectivity index (χ4n) is 1.85. The van der Waals surface area contributed by atoms with Crippen molar-refractivity contribution in [1.29, 1.82) is 0 Å². The minimum absolute atomic E-state index is 0.292. The monoisotopic (exact) mass is 259 g/mol. The van der Waals surface area contributed by atoms with Crippen molar-refractivity contribution in [3.63, 3.8) is 0 Å². The minimum atomic E-state index is -0.336. The van der Waals surface area contributed by atoms with Crippen molar-refractivity contribution in [2.24, 2.45) is 5.73 Å². The van der Waals surface area contributed by atoms with Gasteiger partial charge < -0.3 is 10.5 Å². The maximum absolute atomic E-state index is 13.4. The van der Waals surface area contributed by atoms with Crippen LogP contribution in [-0.4, -0.2) is 0 Å². The zero-order valence-corrected chi connectivity index (χ0v) is 11.2. The first kappa shape index (κ1) is 13.6. The Morgan fingerprint density at radius 2 is 1.74 bits per heavy atom. The highest BCUT2D eigenvalue weighted by Crippen LogP contribution is 2.25. The summed E-state index contributed by atoms with van der Waals surface area (Å²) in [6.45, 7) is 4.56. The molecule has 0 aliphatic heterocycles. The average Bonchev–Trinajstić information content (AvgIpc) is 2.38. The third kappa shape index (κ3) is 3.55. The van der Waals surface area contributed by atoms with E-state index in [9.17, 15) is 4.39 Å². The molecule has 0 atom stereocenters. The van der Waals surface area contributed by atoms with E-state index in [0.29, 0.717) is 29.5 Å². The Balaban J connectivity index is 2.18. The molecule has 0 amide bonds. The molecular formula is C16H18FNO. The fraction of sp³-hybridized carbons (Fsp3) is 0.250. The average molecular weight is 259 g/mol. The molecule has 0 aliphatic rings. The first-order valence-electron chi connectivity index (χ1n) is 6.36. The molecule has 0 radical (unpaired) electrons. The van der Waals surface area contributed by atoms with Gasteiger partial charge in [-0.25, -0.2) is 4.39 Å². The number of ether oxygens (including phenoxy) is 1. The van der Waals surface area contributed by atoms with Gasteiger partial charge in [0.15, 0.2) is 0 Å². The maximum Gasteiger partial charge on any atom is 0.130 e. The molecule has 0 aliphatic carbocycles. The number of hydrogen-bond donors (Lipinski definition) is 1. The molecular weight excluding hydrogens is 241 g/mol. The molecule has 0 saturated carbocycles. The van der Waals surface area contributed by atoms with E-state index >= 15 is 0 Å². The van der Waals surface area contributed by atoms with E-state index in [4.69, 9.17) is 10.5 Å². The fourth-order valence-corrected chi connectivity index (χ4v) is 1.85. The molecule has 2 rings (SSSR count). The number of halogens is 1. The van der Waals surface area contributed by atoms with Gasteiger partial charge in [-0.1, -0.05) is 26.0 Å². The van der Waals surface area contributed by atoms with Gasteiger partial charge in [-0.05, 0) is 41.3 Å². The van der Waals surface area contributed by atoms with Crippen molar-refractivity contribution in [3.8, 4) is 11.5 Å². The second-order valence-electron chi connectivity index (χ2n) is 4.83. The van der Waals surface area contributed by atoms with Crippen LogP contribution in [0.1, 0.15) is 30.9 Å². The van der Waals surface area contributed by atoms with E-state index in [-0.39, 0.29) is 5.82 Å². The lowest BCUT2D eigenvalue weighted by Crippen LogP contribution is -1.97. The largest absolute Gasteiger partial charge is 0.457 e. The second-order valence-corrected chi connectivity index (χ2v) is 4.83. The summed E-state index contributed by atoms with van der Waals surface area (Å²) in [6.07, 6.45) is 0. The topological polar surface area (TPSA) is 35.2 Å².